The average Bonchev–Trinajstić information content (AvgIpc) is 3.12. The summed E-state index contributed by atoms with van der Waals surface area (Å²) in [5.74, 6) is 0.279. The smallest absolute Gasteiger partial charge is 0.147 e. The summed E-state index contributed by atoms with van der Waals surface area (Å²) in [4.78, 5) is 0. The number of hydrogen-bond acceptors (Lipinski definition) is 6. The van der Waals surface area contributed by atoms with Gasteiger partial charge in [0.15, 0.2) is 0 Å². The van der Waals surface area contributed by atoms with Crippen LogP contribution in [0.2, 0.25) is 0 Å². The molecule has 0 amide bonds. The highest BCUT2D eigenvalue weighted by molar-refractivity contribution is 5.85. The molecule has 0 spiro atoms. The van der Waals surface area contributed by atoms with Gasteiger partial charge in [-0.15, -0.1) is 0 Å². The van der Waals surface area contributed by atoms with E-state index < -0.39 is 42.9 Å². The number of hydrogen-bond donors (Lipinski definition) is 4. The zero-order valence-corrected chi connectivity index (χ0v) is 16.4. The van der Waals surface area contributed by atoms with Gasteiger partial charge in [-0.3, -0.25) is 0 Å². The van der Waals surface area contributed by atoms with Gasteiger partial charge in [-0.1, -0.05) is 24.3 Å². The number of ether oxygens (including phenoxy) is 2. The molecule has 0 radical (unpaired) electrons. The van der Waals surface area contributed by atoms with Gasteiger partial charge in [0, 0.05) is 23.7 Å². The van der Waals surface area contributed by atoms with E-state index in [0.29, 0.717) is 28.8 Å². The Kier molecular flexibility index (Phi) is 5.77. The molecule has 5 atom stereocenters. The normalized spacial score (nSPS) is 26.8. The van der Waals surface area contributed by atoms with Crippen LogP contribution in [0.25, 0.3) is 10.9 Å². The van der Waals surface area contributed by atoms with E-state index in [-0.39, 0.29) is 0 Å². The van der Waals surface area contributed by atoms with Crippen LogP contribution < -0.4 is 4.74 Å². The number of halogens is 1. The molecule has 0 aliphatic carbocycles. The Hall–Kier alpha value is -2.49. The van der Waals surface area contributed by atoms with Gasteiger partial charge in [-0.2, -0.15) is 0 Å². The van der Waals surface area contributed by atoms with Crippen molar-refractivity contribution < 1.29 is 34.3 Å². The third-order valence-corrected chi connectivity index (χ3v) is 5.59. The molecule has 8 heteroatoms. The van der Waals surface area contributed by atoms with Crippen LogP contribution >= 0.6 is 0 Å². The lowest BCUT2D eigenvalue weighted by Crippen LogP contribution is -2.55. The molecular formula is C22H24FNO6. The molecule has 4 N–H and O–H groups in total. The van der Waals surface area contributed by atoms with Crippen LogP contribution in [-0.2, 0) is 11.3 Å². The molecule has 0 unspecified atom stereocenters. The van der Waals surface area contributed by atoms with Crippen molar-refractivity contribution in [3.8, 4) is 5.75 Å². The van der Waals surface area contributed by atoms with Crippen molar-refractivity contribution in [2.24, 2.45) is 0 Å². The number of aliphatic hydroxyl groups excluding tert-OH is 4. The highest BCUT2D eigenvalue weighted by atomic mass is 19.1. The summed E-state index contributed by atoms with van der Waals surface area (Å²) in [7, 11) is 1.58. The largest absolute Gasteiger partial charge is 0.497 e. The monoisotopic (exact) mass is 417 g/mol. The molecular weight excluding hydrogens is 393 g/mol. The third-order valence-electron chi connectivity index (χ3n) is 5.59. The van der Waals surface area contributed by atoms with E-state index in [9.17, 15) is 24.8 Å². The average molecular weight is 417 g/mol. The van der Waals surface area contributed by atoms with Crippen LogP contribution in [0.15, 0.2) is 48.7 Å². The van der Waals surface area contributed by atoms with Crippen molar-refractivity contribution in [3.63, 3.8) is 0 Å². The van der Waals surface area contributed by atoms with Gasteiger partial charge in [0.2, 0.25) is 0 Å². The first kappa shape index (κ1) is 20.8. The number of nitrogens with zero attached hydrogens (tertiary/aromatic N) is 1. The van der Waals surface area contributed by atoms with Gasteiger partial charge < -0.3 is 34.5 Å². The summed E-state index contributed by atoms with van der Waals surface area (Å²) in [6.07, 6.45) is -4.81. The number of fused-ring (bicyclic) bond motifs is 1. The lowest BCUT2D eigenvalue weighted by Gasteiger charge is -2.40. The molecule has 0 saturated carbocycles. The Morgan fingerprint density at radius 1 is 1.03 bits per heavy atom. The van der Waals surface area contributed by atoms with Crippen LogP contribution in [0.5, 0.6) is 5.75 Å². The van der Waals surface area contributed by atoms with Crippen LogP contribution in [0, 0.1) is 5.82 Å². The first-order valence-corrected chi connectivity index (χ1v) is 9.65. The molecule has 160 valence electrons. The molecule has 30 heavy (non-hydrogen) atoms. The molecule has 1 saturated heterocycles. The summed E-state index contributed by atoms with van der Waals surface area (Å²) in [6.45, 7) is -0.168. The molecule has 1 aliphatic rings. The number of aliphatic hydroxyl groups is 4. The zero-order chi connectivity index (χ0) is 21.4. The fourth-order valence-corrected chi connectivity index (χ4v) is 3.98. The first-order valence-electron chi connectivity index (χ1n) is 9.65. The van der Waals surface area contributed by atoms with Gasteiger partial charge in [-0.05, 0) is 23.8 Å². The maximum absolute atomic E-state index is 14.8. The van der Waals surface area contributed by atoms with Gasteiger partial charge in [0.25, 0.3) is 0 Å². The number of para-hydroxylation sites is 1. The lowest BCUT2D eigenvalue weighted by atomic mass is 9.91. The number of rotatable bonds is 5. The second-order valence-corrected chi connectivity index (χ2v) is 7.45. The van der Waals surface area contributed by atoms with E-state index in [0.717, 1.165) is 5.56 Å². The quantitative estimate of drug-likeness (QED) is 0.500. The molecule has 1 aliphatic heterocycles. The second-order valence-electron chi connectivity index (χ2n) is 7.45. The zero-order valence-electron chi connectivity index (χ0n) is 16.4. The molecule has 1 fully saturated rings. The molecule has 1 aromatic heterocycles. The summed E-state index contributed by atoms with van der Waals surface area (Å²) in [5, 5.41) is 40.7. The van der Waals surface area contributed by atoms with Crippen LogP contribution in [0.1, 0.15) is 17.2 Å². The third kappa shape index (κ3) is 3.57. The summed E-state index contributed by atoms with van der Waals surface area (Å²) >= 11 is 0. The van der Waals surface area contributed by atoms with Crippen molar-refractivity contribution in [1.82, 2.24) is 4.57 Å². The summed E-state index contributed by atoms with van der Waals surface area (Å²) in [6, 6.07) is 12.0. The molecule has 2 aromatic carbocycles. The van der Waals surface area contributed by atoms with Gasteiger partial charge in [-0.25, -0.2) is 4.39 Å². The van der Waals surface area contributed by atoms with E-state index in [1.165, 1.54) is 6.07 Å². The van der Waals surface area contributed by atoms with Crippen molar-refractivity contribution in [1.29, 1.82) is 0 Å². The van der Waals surface area contributed by atoms with Crippen molar-refractivity contribution in [2.45, 2.75) is 37.1 Å². The molecule has 3 aromatic rings. The minimum absolute atomic E-state index is 0.334. The van der Waals surface area contributed by atoms with Crippen molar-refractivity contribution in [2.75, 3.05) is 13.7 Å². The van der Waals surface area contributed by atoms with Crippen LogP contribution in [-0.4, -0.2) is 63.1 Å². The standard InChI is InChI=1S/C22H24FNO6/c1-29-13-7-5-12(6-8-13)9-24-10-15(14-3-2-4-16(23)18(14)24)22-21(28)20(27)19(26)17(11-25)30-22/h2-8,10,17,19-22,25-28H,9,11H2,1H3/t17-,19-,20+,21-,22+/m1/s1. The SMILES string of the molecule is COc1ccc(Cn2cc([C@@H]3O[C@H](CO)[C@@H](O)[C@H](O)[C@H]3O)c3cccc(F)c32)cc1. The fourth-order valence-electron chi connectivity index (χ4n) is 3.98. The van der Waals surface area contributed by atoms with E-state index in [1.54, 1.807) is 30.0 Å². The van der Waals surface area contributed by atoms with E-state index >= 15 is 0 Å². The van der Waals surface area contributed by atoms with Gasteiger partial charge in [0.05, 0.1) is 19.2 Å². The maximum atomic E-state index is 14.8. The molecule has 4 rings (SSSR count). The molecule has 0 bridgehead atoms. The molecule has 7 nitrogen and oxygen atoms in total. The Morgan fingerprint density at radius 3 is 2.43 bits per heavy atom. The van der Waals surface area contributed by atoms with Crippen molar-refractivity contribution in [3.05, 3.63) is 65.6 Å². The summed E-state index contributed by atoms with van der Waals surface area (Å²) < 4.78 is 27.3. The number of aromatic nitrogens is 1. The van der Waals surface area contributed by atoms with Gasteiger partial charge in [0.1, 0.15) is 42.1 Å². The van der Waals surface area contributed by atoms with Crippen LogP contribution in [0.4, 0.5) is 4.39 Å². The highest BCUT2D eigenvalue weighted by Gasteiger charge is 2.44. The number of methoxy groups -OCH3 is 1. The summed E-state index contributed by atoms with van der Waals surface area (Å²) in [5.41, 5.74) is 1.71. The Balaban J connectivity index is 1.76. The second kappa shape index (κ2) is 8.33. The minimum Gasteiger partial charge on any atom is -0.497 e. The van der Waals surface area contributed by atoms with Gasteiger partial charge >= 0.3 is 0 Å². The van der Waals surface area contributed by atoms with E-state index in [4.69, 9.17) is 9.47 Å². The van der Waals surface area contributed by atoms with Crippen molar-refractivity contribution >= 4 is 10.9 Å². The highest BCUT2D eigenvalue weighted by Crippen LogP contribution is 2.37. The topological polar surface area (TPSA) is 104 Å². The Morgan fingerprint density at radius 2 is 1.77 bits per heavy atom. The maximum Gasteiger partial charge on any atom is 0.147 e. The van der Waals surface area contributed by atoms with Crippen LogP contribution in [0.3, 0.4) is 0 Å². The molecule has 2 heterocycles. The number of benzene rings is 2. The minimum atomic E-state index is -1.51. The predicted octanol–water partition coefficient (Wildman–Crippen LogP) is 1.35. The Bertz CT molecular complexity index is 1020. The van der Waals surface area contributed by atoms with E-state index in [1.807, 2.05) is 24.3 Å². The lowest BCUT2D eigenvalue weighted by molar-refractivity contribution is -0.231. The van der Waals surface area contributed by atoms with E-state index in [2.05, 4.69) is 0 Å². The first-order chi connectivity index (χ1) is 14.4. The Labute approximate surface area is 172 Å². The fraction of sp³-hybridized carbons (Fsp3) is 0.364. The predicted molar refractivity (Wildman–Crippen MR) is 107 cm³/mol.